The molecule has 0 radical (unpaired) electrons. The van der Waals surface area contributed by atoms with E-state index in [-0.39, 0.29) is 25.1 Å². The van der Waals surface area contributed by atoms with Crippen molar-refractivity contribution < 1.29 is 23.2 Å². The molecule has 3 N–H and O–H groups in total. The van der Waals surface area contributed by atoms with Gasteiger partial charge in [-0.1, -0.05) is 30.9 Å². The number of rotatable bonds is 7. The topological polar surface area (TPSA) is 121 Å². The van der Waals surface area contributed by atoms with E-state index in [9.17, 15) is 13.2 Å². The molecule has 1 aliphatic heterocycles. The van der Waals surface area contributed by atoms with Gasteiger partial charge < -0.3 is 4.74 Å². The van der Waals surface area contributed by atoms with Crippen LogP contribution in [0.1, 0.15) is 44.9 Å². The molecule has 9 nitrogen and oxygen atoms in total. The molecule has 2 aliphatic rings. The second-order valence-corrected chi connectivity index (χ2v) is 9.64. The maximum absolute atomic E-state index is 12.8. The summed E-state index contributed by atoms with van der Waals surface area (Å²) >= 11 is 5.81. The first-order chi connectivity index (χ1) is 13.9. The first-order valence-corrected chi connectivity index (χ1v) is 11.7. The molecule has 0 aromatic carbocycles. The number of carbonyl (C=O) groups excluding carboxylic acids is 1. The molecule has 1 aromatic rings. The van der Waals surface area contributed by atoms with Gasteiger partial charge >= 0.3 is 0 Å². The number of pyridine rings is 1. The highest BCUT2D eigenvalue weighted by Crippen LogP contribution is 2.28. The second kappa shape index (κ2) is 10.0. The summed E-state index contributed by atoms with van der Waals surface area (Å²) in [6, 6.07) is 2.39. The zero-order valence-electron chi connectivity index (χ0n) is 16.1. The van der Waals surface area contributed by atoms with Gasteiger partial charge in [-0.25, -0.2) is 10.5 Å². The van der Waals surface area contributed by atoms with Crippen molar-refractivity contribution in [3.63, 3.8) is 0 Å². The third-order valence-corrected chi connectivity index (χ3v) is 7.34. The van der Waals surface area contributed by atoms with Gasteiger partial charge in [-0.15, -0.1) is 0 Å². The molecule has 1 saturated carbocycles. The molecule has 3 rings (SSSR count). The number of piperidine rings is 1. The largest absolute Gasteiger partial charge is 0.474 e. The molecule has 0 bridgehead atoms. The summed E-state index contributed by atoms with van der Waals surface area (Å²) in [6.45, 7) is 0.539. The summed E-state index contributed by atoms with van der Waals surface area (Å²) in [7, 11) is -3.87. The molecule has 11 heteroatoms. The number of halogens is 1. The van der Waals surface area contributed by atoms with Crippen molar-refractivity contribution in [2.45, 2.75) is 57.1 Å². The molecular formula is C18H27ClN4O5S. The van der Waals surface area contributed by atoms with Crippen LogP contribution in [0.25, 0.3) is 0 Å². The summed E-state index contributed by atoms with van der Waals surface area (Å²) in [6.07, 6.45) is 6.84. The van der Waals surface area contributed by atoms with Crippen molar-refractivity contribution in [3.05, 3.63) is 23.4 Å². The number of hydrogen-bond acceptors (Lipinski definition) is 6. The van der Waals surface area contributed by atoms with Gasteiger partial charge in [-0.2, -0.15) is 17.4 Å². The van der Waals surface area contributed by atoms with E-state index in [0.29, 0.717) is 23.7 Å². The number of aromatic nitrogens is 1. The Labute approximate surface area is 175 Å². The van der Waals surface area contributed by atoms with Crippen LogP contribution in [-0.4, -0.2) is 54.1 Å². The predicted molar refractivity (Wildman–Crippen MR) is 107 cm³/mol. The molecule has 1 saturated heterocycles. The minimum atomic E-state index is -3.87. The van der Waals surface area contributed by atoms with E-state index in [4.69, 9.17) is 21.5 Å². The highest BCUT2D eigenvalue weighted by molar-refractivity contribution is 7.87. The molecule has 0 spiro atoms. The van der Waals surface area contributed by atoms with Crippen LogP contribution >= 0.6 is 11.6 Å². The summed E-state index contributed by atoms with van der Waals surface area (Å²) in [5.74, 6) is -0.388. The lowest BCUT2D eigenvalue weighted by Crippen LogP contribution is -2.55. The lowest BCUT2D eigenvalue weighted by molar-refractivity contribution is -0.132. The Morgan fingerprint density at radius 2 is 1.90 bits per heavy atom. The molecule has 1 aromatic heterocycles. The first kappa shape index (κ1) is 22.2. The van der Waals surface area contributed by atoms with Crippen LogP contribution in [0.15, 0.2) is 18.3 Å². The van der Waals surface area contributed by atoms with Crippen molar-refractivity contribution in [2.75, 3.05) is 13.1 Å². The van der Waals surface area contributed by atoms with E-state index in [1.54, 1.807) is 17.6 Å². The number of ether oxygens (including phenoxy) is 1. The van der Waals surface area contributed by atoms with Gasteiger partial charge in [0.1, 0.15) is 12.1 Å². The van der Waals surface area contributed by atoms with Crippen LogP contribution in [0.4, 0.5) is 0 Å². The molecule has 1 unspecified atom stereocenters. The van der Waals surface area contributed by atoms with Gasteiger partial charge in [0.05, 0.1) is 5.02 Å². The minimum absolute atomic E-state index is 0.123. The Bertz CT molecular complexity index is 778. The zero-order chi connectivity index (χ0) is 20.9. The summed E-state index contributed by atoms with van der Waals surface area (Å²) < 4.78 is 35.3. The predicted octanol–water partition coefficient (Wildman–Crippen LogP) is 1.87. The summed E-state index contributed by atoms with van der Waals surface area (Å²) in [4.78, 5) is 16.2. The standard InChI is InChI=1S/C18H27ClN4O5S/c19-14-6-7-16(20-12-14)28-15-8-10-23(11-9-15)29(26,27)22-17(18(24)21-25)13-4-2-1-3-5-13/h6-7,12-13,15,17,22,25H,1-5,8-11H2,(H,21,24). The third-order valence-electron chi connectivity index (χ3n) is 5.52. The number of hydroxylamine groups is 1. The van der Waals surface area contributed by atoms with Gasteiger partial charge in [0.15, 0.2) is 0 Å². The highest BCUT2D eigenvalue weighted by Gasteiger charge is 2.36. The van der Waals surface area contributed by atoms with Crippen molar-refractivity contribution in [2.24, 2.45) is 5.92 Å². The second-order valence-electron chi connectivity index (χ2n) is 7.51. The number of carbonyl (C=O) groups is 1. The number of amides is 1. The Hall–Kier alpha value is -1.46. The maximum Gasteiger partial charge on any atom is 0.280 e. The van der Waals surface area contributed by atoms with Crippen molar-refractivity contribution in [1.82, 2.24) is 19.5 Å². The average molecular weight is 447 g/mol. The highest BCUT2D eigenvalue weighted by atomic mass is 35.5. The number of hydrogen-bond donors (Lipinski definition) is 3. The maximum atomic E-state index is 12.8. The van der Waals surface area contributed by atoms with E-state index in [1.165, 1.54) is 10.5 Å². The molecule has 2 heterocycles. The quantitative estimate of drug-likeness (QED) is 0.434. The monoisotopic (exact) mass is 446 g/mol. The van der Waals surface area contributed by atoms with E-state index in [1.807, 2.05) is 0 Å². The zero-order valence-corrected chi connectivity index (χ0v) is 17.7. The Morgan fingerprint density at radius 3 is 2.48 bits per heavy atom. The third kappa shape index (κ3) is 6.02. The van der Waals surface area contributed by atoms with E-state index >= 15 is 0 Å². The number of nitrogens with zero attached hydrogens (tertiary/aromatic N) is 2. The average Bonchev–Trinajstić information content (AvgIpc) is 2.74. The Balaban J connectivity index is 1.57. The molecule has 29 heavy (non-hydrogen) atoms. The van der Waals surface area contributed by atoms with Gasteiger partial charge in [0.2, 0.25) is 5.88 Å². The Morgan fingerprint density at radius 1 is 1.21 bits per heavy atom. The fourth-order valence-electron chi connectivity index (χ4n) is 3.93. The van der Waals surface area contributed by atoms with E-state index < -0.39 is 22.2 Å². The fourth-order valence-corrected chi connectivity index (χ4v) is 5.50. The lowest BCUT2D eigenvalue weighted by atomic mass is 9.84. The van der Waals surface area contributed by atoms with Crippen molar-refractivity contribution in [3.8, 4) is 5.88 Å². The van der Waals surface area contributed by atoms with Crippen LogP contribution in [0.5, 0.6) is 5.88 Å². The number of nitrogens with one attached hydrogen (secondary N) is 2. The molecule has 1 amide bonds. The van der Waals surface area contributed by atoms with Crippen LogP contribution in [-0.2, 0) is 15.0 Å². The van der Waals surface area contributed by atoms with Gasteiger partial charge in [0.25, 0.3) is 16.1 Å². The van der Waals surface area contributed by atoms with Gasteiger partial charge in [0, 0.05) is 25.4 Å². The van der Waals surface area contributed by atoms with Crippen molar-refractivity contribution in [1.29, 1.82) is 0 Å². The van der Waals surface area contributed by atoms with Crippen LogP contribution in [0.2, 0.25) is 5.02 Å². The smallest absolute Gasteiger partial charge is 0.280 e. The van der Waals surface area contributed by atoms with Gasteiger partial charge in [-0.05, 0) is 37.7 Å². The van der Waals surface area contributed by atoms with Crippen LogP contribution in [0.3, 0.4) is 0 Å². The lowest BCUT2D eigenvalue weighted by Gasteiger charge is -2.34. The molecule has 1 aliphatic carbocycles. The molecule has 2 fully saturated rings. The van der Waals surface area contributed by atoms with Crippen LogP contribution in [0, 0.1) is 5.92 Å². The molecular weight excluding hydrogens is 420 g/mol. The minimum Gasteiger partial charge on any atom is -0.474 e. The first-order valence-electron chi connectivity index (χ1n) is 9.88. The van der Waals surface area contributed by atoms with Crippen molar-refractivity contribution >= 4 is 27.7 Å². The molecule has 1 atom stereocenters. The summed E-state index contributed by atoms with van der Waals surface area (Å²) in [5.41, 5.74) is 1.61. The fraction of sp³-hybridized carbons (Fsp3) is 0.667. The van der Waals surface area contributed by atoms with Crippen LogP contribution < -0.4 is 14.9 Å². The van der Waals surface area contributed by atoms with E-state index in [2.05, 4.69) is 9.71 Å². The molecule has 162 valence electrons. The normalized spacial score (nSPS) is 20.9. The Kier molecular flexibility index (Phi) is 7.69. The van der Waals surface area contributed by atoms with Gasteiger partial charge in [-0.3, -0.25) is 10.0 Å². The van der Waals surface area contributed by atoms with E-state index in [0.717, 1.165) is 32.1 Å². The summed E-state index contributed by atoms with van der Waals surface area (Å²) in [5, 5.41) is 9.57. The SMILES string of the molecule is O=C(NO)C(NS(=O)(=O)N1CCC(Oc2ccc(Cl)cn2)CC1)C1CCCCC1.